The van der Waals surface area contributed by atoms with Crippen molar-refractivity contribution < 1.29 is 0 Å². The van der Waals surface area contributed by atoms with Gasteiger partial charge < -0.3 is 10.0 Å². The highest BCUT2D eigenvalue weighted by Crippen LogP contribution is 2.25. The molecule has 1 rings (SSSR count). The van der Waals surface area contributed by atoms with Crippen molar-refractivity contribution >= 4 is 28.9 Å². The van der Waals surface area contributed by atoms with E-state index in [0.717, 1.165) is 10.9 Å². The van der Waals surface area contributed by atoms with Gasteiger partial charge in [0, 0.05) is 22.9 Å². The first-order valence-electron chi connectivity index (χ1n) is 5.89. The van der Waals surface area contributed by atoms with E-state index in [2.05, 4.69) is 41.5 Å². The number of nitrogens with zero attached hydrogens (tertiary/aromatic N) is 1. The van der Waals surface area contributed by atoms with Gasteiger partial charge in [-0.2, -0.15) is 0 Å². The van der Waals surface area contributed by atoms with Gasteiger partial charge in [0.1, 0.15) is 0 Å². The van der Waals surface area contributed by atoms with Crippen LogP contribution in [0.3, 0.4) is 0 Å². The fourth-order valence-electron chi connectivity index (χ4n) is 1.51. The molecule has 0 amide bonds. The van der Waals surface area contributed by atoms with Crippen molar-refractivity contribution in [3.63, 3.8) is 0 Å². The first-order chi connectivity index (χ1) is 8.56. The molecule has 1 saturated heterocycles. The second kappa shape index (κ2) is 7.59. The monoisotopic (exact) mass is 283 g/mol. The minimum atomic E-state index is 0.345. The van der Waals surface area contributed by atoms with E-state index in [9.17, 15) is 0 Å². The van der Waals surface area contributed by atoms with E-state index < -0.39 is 0 Å². The maximum absolute atomic E-state index is 4.19. The molecule has 0 aliphatic carbocycles. The fraction of sp³-hybridized carbons (Fsp3) is 0.462. The lowest BCUT2D eigenvalue weighted by molar-refractivity contribution is 0.741. The van der Waals surface area contributed by atoms with Crippen LogP contribution < -0.4 is 10.0 Å². The van der Waals surface area contributed by atoms with Gasteiger partial charge in [-0.05, 0) is 31.9 Å². The normalized spacial score (nSPS) is 26.7. The number of nitrogens with one attached hydrogen (secondary N) is 2. The zero-order valence-corrected chi connectivity index (χ0v) is 13.0. The molecule has 0 aromatic heterocycles. The molecule has 3 nitrogen and oxygen atoms in total. The molecule has 100 valence electrons. The summed E-state index contributed by atoms with van der Waals surface area (Å²) in [4.78, 5) is 5.41. The summed E-state index contributed by atoms with van der Waals surface area (Å²) < 4.78 is 3.20. The van der Waals surface area contributed by atoms with Crippen molar-refractivity contribution in [1.82, 2.24) is 10.0 Å². The number of allylic oxidation sites excluding steroid dienone is 3. The molecule has 5 heteroatoms. The maximum Gasteiger partial charge on any atom is 0.157 e. The number of hydrogen-bond donors (Lipinski definition) is 2. The smallest absolute Gasteiger partial charge is 0.157 e. The second-order valence-corrected chi connectivity index (χ2v) is 6.45. The van der Waals surface area contributed by atoms with Crippen LogP contribution in [0.2, 0.25) is 0 Å². The molecule has 1 aliphatic heterocycles. The third-order valence-electron chi connectivity index (χ3n) is 2.42. The van der Waals surface area contributed by atoms with Crippen molar-refractivity contribution in [2.75, 3.05) is 7.05 Å². The van der Waals surface area contributed by atoms with Gasteiger partial charge in [0.15, 0.2) is 5.17 Å². The van der Waals surface area contributed by atoms with Crippen LogP contribution in [0.4, 0.5) is 0 Å². The zero-order chi connectivity index (χ0) is 13.5. The highest BCUT2D eigenvalue weighted by Gasteiger charge is 2.26. The Morgan fingerprint density at radius 1 is 1.61 bits per heavy atom. The summed E-state index contributed by atoms with van der Waals surface area (Å²) in [7, 11) is 1.82. The van der Waals surface area contributed by atoms with Gasteiger partial charge in [0.25, 0.3) is 0 Å². The third-order valence-corrected chi connectivity index (χ3v) is 4.43. The molecule has 1 heterocycles. The first kappa shape index (κ1) is 15.2. The predicted octanol–water partition coefficient (Wildman–Crippen LogP) is 3.30. The summed E-state index contributed by atoms with van der Waals surface area (Å²) in [6.07, 6.45) is 6.15. The lowest BCUT2D eigenvalue weighted by Gasteiger charge is -2.11. The topological polar surface area (TPSA) is 36.4 Å². The number of thioether (sulfide) groups is 1. The summed E-state index contributed by atoms with van der Waals surface area (Å²) in [5.74, 6) is 0. The zero-order valence-electron chi connectivity index (χ0n) is 11.4. The largest absolute Gasteiger partial charge is 0.358 e. The SMILES string of the molecule is C=C(/C=C\C)NSC(C)=CC1NC(=NC)SC1C. The maximum atomic E-state index is 4.19. The van der Waals surface area contributed by atoms with Gasteiger partial charge in [-0.3, -0.25) is 4.99 Å². The molecule has 18 heavy (non-hydrogen) atoms. The molecule has 0 aromatic rings. The molecule has 2 N–H and O–H groups in total. The van der Waals surface area contributed by atoms with Crippen LogP contribution in [0.25, 0.3) is 0 Å². The van der Waals surface area contributed by atoms with E-state index in [-0.39, 0.29) is 0 Å². The van der Waals surface area contributed by atoms with Crippen LogP contribution >= 0.6 is 23.7 Å². The molecule has 1 aliphatic rings. The lowest BCUT2D eigenvalue weighted by Crippen LogP contribution is -2.28. The molecule has 1 fully saturated rings. The van der Waals surface area contributed by atoms with E-state index in [0.29, 0.717) is 11.3 Å². The number of aliphatic imine (C=N–C) groups is 1. The van der Waals surface area contributed by atoms with Crippen LogP contribution in [-0.4, -0.2) is 23.5 Å². The van der Waals surface area contributed by atoms with Crippen molar-refractivity contribution in [3.8, 4) is 0 Å². The van der Waals surface area contributed by atoms with Gasteiger partial charge in [-0.25, -0.2) is 0 Å². The van der Waals surface area contributed by atoms with Gasteiger partial charge >= 0.3 is 0 Å². The molecular formula is C13H21N3S2. The number of rotatable bonds is 5. The minimum Gasteiger partial charge on any atom is -0.358 e. The van der Waals surface area contributed by atoms with E-state index in [4.69, 9.17) is 0 Å². The van der Waals surface area contributed by atoms with Gasteiger partial charge in [0.2, 0.25) is 0 Å². The molecular weight excluding hydrogens is 262 g/mol. The van der Waals surface area contributed by atoms with E-state index in [1.807, 2.05) is 26.1 Å². The predicted molar refractivity (Wildman–Crippen MR) is 85.8 cm³/mol. The van der Waals surface area contributed by atoms with Crippen LogP contribution in [0.1, 0.15) is 20.8 Å². The molecule has 0 aromatic carbocycles. The Morgan fingerprint density at radius 3 is 2.89 bits per heavy atom. The summed E-state index contributed by atoms with van der Waals surface area (Å²) in [6.45, 7) is 10.2. The highest BCUT2D eigenvalue weighted by molar-refractivity contribution is 8.14. The summed E-state index contributed by atoms with van der Waals surface area (Å²) in [6, 6.07) is 0.345. The molecule has 0 bridgehead atoms. The Hall–Kier alpha value is -0.810. The minimum absolute atomic E-state index is 0.345. The Bertz CT molecular complexity index is 386. The Balaban J connectivity index is 2.48. The molecule has 0 saturated carbocycles. The quantitative estimate of drug-likeness (QED) is 0.599. The lowest BCUT2D eigenvalue weighted by atomic mass is 10.2. The Kier molecular flexibility index (Phi) is 6.43. The summed E-state index contributed by atoms with van der Waals surface area (Å²) in [5.41, 5.74) is 0.910. The highest BCUT2D eigenvalue weighted by atomic mass is 32.2. The van der Waals surface area contributed by atoms with Crippen molar-refractivity contribution in [3.05, 3.63) is 35.4 Å². The Morgan fingerprint density at radius 2 is 2.33 bits per heavy atom. The van der Waals surface area contributed by atoms with E-state index in [1.54, 1.807) is 23.7 Å². The van der Waals surface area contributed by atoms with Crippen molar-refractivity contribution in [2.45, 2.75) is 32.1 Å². The first-order valence-corrected chi connectivity index (χ1v) is 7.59. The van der Waals surface area contributed by atoms with Crippen LogP contribution in [0.15, 0.2) is 40.4 Å². The summed E-state index contributed by atoms with van der Waals surface area (Å²) in [5, 5.41) is 4.93. The van der Waals surface area contributed by atoms with Gasteiger partial charge in [-0.1, -0.05) is 37.4 Å². The van der Waals surface area contributed by atoms with Gasteiger partial charge in [-0.15, -0.1) is 0 Å². The molecule has 2 atom stereocenters. The fourth-order valence-corrected chi connectivity index (χ4v) is 3.04. The Labute approximate surface area is 118 Å². The van der Waals surface area contributed by atoms with E-state index >= 15 is 0 Å². The molecule has 2 unspecified atom stereocenters. The average molecular weight is 283 g/mol. The van der Waals surface area contributed by atoms with Crippen LogP contribution in [0, 0.1) is 0 Å². The second-order valence-electron chi connectivity index (χ2n) is 4.03. The van der Waals surface area contributed by atoms with Crippen molar-refractivity contribution in [2.24, 2.45) is 4.99 Å². The standard InChI is InChI=1S/C13H21N3S2/c1-6-7-9(2)16-18-10(3)8-12-11(4)17-13(14-5)15-12/h6-8,11-12,16H,2H2,1,3-5H3,(H,14,15)/b7-6-,10-8?. The van der Waals surface area contributed by atoms with E-state index in [1.165, 1.54) is 4.91 Å². The van der Waals surface area contributed by atoms with Crippen molar-refractivity contribution in [1.29, 1.82) is 0 Å². The summed E-state index contributed by atoms with van der Waals surface area (Å²) >= 11 is 3.38. The average Bonchev–Trinajstić information content (AvgIpc) is 2.68. The molecule has 0 spiro atoms. The van der Waals surface area contributed by atoms with Crippen LogP contribution in [-0.2, 0) is 0 Å². The number of hydrogen-bond acceptors (Lipinski definition) is 4. The third kappa shape index (κ3) is 4.82. The van der Waals surface area contributed by atoms with Gasteiger partial charge in [0.05, 0.1) is 6.04 Å². The molecule has 0 radical (unpaired) electrons. The van der Waals surface area contributed by atoms with Crippen LogP contribution in [0.5, 0.6) is 0 Å². The number of amidine groups is 1.